The summed E-state index contributed by atoms with van der Waals surface area (Å²) in [6.45, 7) is 11.6. The summed E-state index contributed by atoms with van der Waals surface area (Å²) in [4.78, 5) is 26.3. The normalized spacial score (nSPS) is 10.3. The maximum Gasteiger partial charge on any atom is 0.379 e. The molecule has 0 bridgehead atoms. The molecule has 0 fully saturated rings. The highest BCUT2D eigenvalue weighted by atomic mass is 16.5. The predicted molar refractivity (Wildman–Crippen MR) is 92.3 cm³/mol. The molecule has 1 rings (SSSR count). The number of unbranched alkanes of at least 4 members (excludes halogenated alkanes) is 1. The molecular weight excluding hydrogens is 290 g/mol. The van der Waals surface area contributed by atoms with Crippen LogP contribution in [-0.4, -0.2) is 36.3 Å². The van der Waals surface area contributed by atoms with E-state index in [1.165, 1.54) is 0 Å². The van der Waals surface area contributed by atoms with Gasteiger partial charge in [-0.2, -0.15) is 0 Å². The molecule has 0 radical (unpaired) electrons. The Morgan fingerprint density at radius 1 is 1.17 bits per heavy atom. The van der Waals surface area contributed by atoms with Crippen molar-refractivity contribution in [2.24, 2.45) is 0 Å². The van der Waals surface area contributed by atoms with Crippen LogP contribution in [0.15, 0.2) is 49.6 Å². The summed E-state index contributed by atoms with van der Waals surface area (Å²) in [5, 5.41) is 0. The third-order valence-corrected chi connectivity index (χ3v) is 3.35. The summed E-state index contributed by atoms with van der Waals surface area (Å²) in [7, 11) is 0. The molecule has 4 nitrogen and oxygen atoms in total. The van der Waals surface area contributed by atoms with Gasteiger partial charge < -0.3 is 4.74 Å². The fourth-order valence-corrected chi connectivity index (χ4v) is 2.17. The summed E-state index contributed by atoms with van der Waals surface area (Å²) < 4.78 is 5.02. The molecule has 0 amide bonds. The van der Waals surface area contributed by atoms with E-state index in [2.05, 4.69) is 18.1 Å². The second-order valence-corrected chi connectivity index (χ2v) is 5.25. The Balaban J connectivity index is 2.86. The van der Waals surface area contributed by atoms with Gasteiger partial charge in [-0.25, -0.2) is 4.79 Å². The van der Waals surface area contributed by atoms with Gasteiger partial charge in [-0.3, -0.25) is 9.69 Å². The number of carbonyl (C=O) groups is 2. The average Bonchev–Trinajstić information content (AvgIpc) is 2.55. The van der Waals surface area contributed by atoms with E-state index in [-0.39, 0.29) is 6.61 Å². The topological polar surface area (TPSA) is 46.6 Å². The maximum atomic E-state index is 12.3. The van der Waals surface area contributed by atoms with E-state index >= 15 is 0 Å². The molecule has 0 saturated carbocycles. The molecule has 1 aromatic rings. The van der Waals surface area contributed by atoms with Gasteiger partial charge in [0.1, 0.15) is 0 Å². The van der Waals surface area contributed by atoms with Crippen molar-refractivity contribution in [2.45, 2.75) is 26.3 Å². The summed E-state index contributed by atoms with van der Waals surface area (Å²) in [6.07, 6.45) is 5.27. The predicted octanol–water partition coefficient (Wildman–Crippen LogP) is 3.39. The quantitative estimate of drug-likeness (QED) is 0.206. The fraction of sp³-hybridized carbons (Fsp3) is 0.368. The molecule has 0 aliphatic carbocycles. The molecule has 0 aliphatic rings. The zero-order valence-corrected chi connectivity index (χ0v) is 13.8. The van der Waals surface area contributed by atoms with Crippen LogP contribution in [0.4, 0.5) is 0 Å². The molecule has 0 unspecified atom stereocenters. The van der Waals surface area contributed by atoms with Crippen LogP contribution in [0.3, 0.4) is 0 Å². The van der Waals surface area contributed by atoms with E-state index in [1.807, 2.05) is 19.1 Å². The monoisotopic (exact) mass is 315 g/mol. The second kappa shape index (κ2) is 10.5. The minimum Gasteiger partial charge on any atom is -0.460 e. The van der Waals surface area contributed by atoms with Crippen LogP contribution < -0.4 is 0 Å². The van der Waals surface area contributed by atoms with Crippen LogP contribution >= 0.6 is 0 Å². The van der Waals surface area contributed by atoms with Gasteiger partial charge in [0.15, 0.2) is 0 Å². The smallest absolute Gasteiger partial charge is 0.379 e. The van der Waals surface area contributed by atoms with Crippen molar-refractivity contribution >= 4 is 11.8 Å². The lowest BCUT2D eigenvalue weighted by Gasteiger charge is -2.20. The standard InChI is InChI=1S/C19H25NO3/c1-4-7-14-23-19(22)18(21)17-11-9-8-10-16(17)15-20(12-5-2)13-6-3/h5-6,8-11H,2-4,7,12-15H2,1H3. The van der Waals surface area contributed by atoms with E-state index in [0.29, 0.717) is 25.2 Å². The summed E-state index contributed by atoms with van der Waals surface area (Å²) >= 11 is 0. The van der Waals surface area contributed by atoms with Gasteiger partial charge in [0.2, 0.25) is 0 Å². The number of ether oxygens (including phenoxy) is 1. The maximum absolute atomic E-state index is 12.3. The number of nitrogens with zero attached hydrogens (tertiary/aromatic N) is 1. The zero-order valence-electron chi connectivity index (χ0n) is 13.8. The molecule has 1 aromatic carbocycles. The Morgan fingerprint density at radius 2 is 1.83 bits per heavy atom. The Bertz CT molecular complexity index is 541. The van der Waals surface area contributed by atoms with Gasteiger partial charge in [0, 0.05) is 25.2 Å². The molecule has 124 valence electrons. The van der Waals surface area contributed by atoms with Gasteiger partial charge in [0.05, 0.1) is 6.61 Å². The van der Waals surface area contributed by atoms with Crippen molar-refractivity contribution in [3.05, 3.63) is 60.7 Å². The van der Waals surface area contributed by atoms with Crippen LogP contribution in [0.1, 0.15) is 35.7 Å². The van der Waals surface area contributed by atoms with Crippen LogP contribution in [-0.2, 0) is 16.1 Å². The van der Waals surface area contributed by atoms with Crippen molar-refractivity contribution in [2.75, 3.05) is 19.7 Å². The number of ketones is 1. The summed E-state index contributed by atoms with van der Waals surface area (Å²) in [5.41, 5.74) is 1.20. The highest BCUT2D eigenvalue weighted by Crippen LogP contribution is 2.14. The SMILES string of the molecule is C=CCN(CC=C)Cc1ccccc1C(=O)C(=O)OCCCC. The van der Waals surface area contributed by atoms with E-state index in [4.69, 9.17) is 4.74 Å². The Labute approximate surface area is 138 Å². The van der Waals surface area contributed by atoms with Crippen LogP contribution in [0.5, 0.6) is 0 Å². The number of carbonyl (C=O) groups excluding carboxylic acids is 2. The minimum absolute atomic E-state index is 0.280. The molecule has 0 saturated heterocycles. The number of rotatable bonds is 11. The average molecular weight is 315 g/mol. The van der Waals surface area contributed by atoms with Crippen molar-refractivity contribution < 1.29 is 14.3 Å². The van der Waals surface area contributed by atoms with Gasteiger partial charge in [-0.1, -0.05) is 49.8 Å². The van der Waals surface area contributed by atoms with Gasteiger partial charge in [-0.05, 0) is 12.0 Å². The number of hydrogen-bond donors (Lipinski definition) is 0. The largest absolute Gasteiger partial charge is 0.460 e. The van der Waals surface area contributed by atoms with Crippen LogP contribution in [0, 0.1) is 0 Å². The molecule has 0 aromatic heterocycles. The van der Waals surface area contributed by atoms with Gasteiger partial charge >= 0.3 is 5.97 Å². The summed E-state index contributed by atoms with van der Waals surface area (Å²) in [6, 6.07) is 7.13. The Hall–Kier alpha value is -2.20. The first-order chi connectivity index (χ1) is 11.1. The number of esters is 1. The lowest BCUT2D eigenvalue weighted by Crippen LogP contribution is -2.26. The molecule has 0 spiro atoms. The molecule has 0 heterocycles. The highest BCUT2D eigenvalue weighted by molar-refractivity contribution is 6.41. The minimum atomic E-state index is -0.787. The molecule has 0 aliphatic heterocycles. The van der Waals surface area contributed by atoms with E-state index in [0.717, 1.165) is 18.4 Å². The first kappa shape index (κ1) is 18.8. The molecule has 4 heteroatoms. The van der Waals surface area contributed by atoms with Crippen LogP contribution in [0.25, 0.3) is 0 Å². The van der Waals surface area contributed by atoms with E-state index < -0.39 is 11.8 Å². The Morgan fingerprint density at radius 3 is 2.43 bits per heavy atom. The van der Waals surface area contributed by atoms with Crippen LogP contribution in [0.2, 0.25) is 0 Å². The lowest BCUT2D eigenvalue weighted by atomic mass is 10.0. The number of benzene rings is 1. The number of hydrogen-bond acceptors (Lipinski definition) is 4. The van der Waals surface area contributed by atoms with Gasteiger partial charge in [-0.15, -0.1) is 13.2 Å². The molecular formula is C19H25NO3. The van der Waals surface area contributed by atoms with E-state index in [1.54, 1.807) is 24.3 Å². The first-order valence-corrected chi connectivity index (χ1v) is 7.87. The zero-order chi connectivity index (χ0) is 17.1. The van der Waals surface area contributed by atoms with Crippen molar-refractivity contribution in [3.63, 3.8) is 0 Å². The molecule has 0 atom stereocenters. The van der Waals surface area contributed by atoms with Crippen molar-refractivity contribution in [1.82, 2.24) is 4.90 Å². The first-order valence-electron chi connectivity index (χ1n) is 7.87. The third-order valence-electron chi connectivity index (χ3n) is 3.35. The molecule has 23 heavy (non-hydrogen) atoms. The third kappa shape index (κ3) is 6.20. The Kier molecular flexibility index (Phi) is 8.62. The highest BCUT2D eigenvalue weighted by Gasteiger charge is 2.21. The lowest BCUT2D eigenvalue weighted by molar-refractivity contribution is -0.138. The van der Waals surface area contributed by atoms with Crippen molar-refractivity contribution in [1.29, 1.82) is 0 Å². The molecule has 0 N–H and O–H groups in total. The summed E-state index contributed by atoms with van der Waals surface area (Å²) in [5.74, 6) is -1.38. The van der Waals surface area contributed by atoms with E-state index in [9.17, 15) is 9.59 Å². The van der Waals surface area contributed by atoms with Crippen molar-refractivity contribution in [3.8, 4) is 0 Å². The fourth-order valence-electron chi connectivity index (χ4n) is 2.17. The number of Topliss-reactive ketones (excluding diaryl/α,β-unsaturated/α-hetero) is 1. The second-order valence-electron chi connectivity index (χ2n) is 5.25. The van der Waals surface area contributed by atoms with Gasteiger partial charge in [0.25, 0.3) is 5.78 Å².